The van der Waals surface area contributed by atoms with Crippen LogP contribution in [0.4, 0.5) is 11.4 Å². The Kier molecular flexibility index (Phi) is 7.92. The Morgan fingerprint density at radius 3 is 2.36 bits per heavy atom. The average molecular weight is 509 g/mol. The van der Waals surface area contributed by atoms with E-state index in [1.165, 1.54) is 0 Å². The van der Waals surface area contributed by atoms with Crippen molar-refractivity contribution in [3.63, 3.8) is 0 Å². The molecule has 3 aromatic rings. The Hall–Kier alpha value is -3.12. The molecule has 0 aliphatic rings. The summed E-state index contributed by atoms with van der Waals surface area (Å²) in [5, 5.41) is 2.83. The van der Waals surface area contributed by atoms with E-state index in [0.29, 0.717) is 23.5 Å². The molecule has 6 heteroatoms. The number of amides is 2. The van der Waals surface area contributed by atoms with Gasteiger partial charge in [0.15, 0.2) is 6.61 Å². The van der Waals surface area contributed by atoms with Gasteiger partial charge in [0.1, 0.15) is 5.75 Å². The zero-order valence-corrected chi connectivity index (χ0v) is 21.0. The number of ether oxygens (including phenoxy) is 1. The van der Waals surface area contributed by atoms with Crippen LogP contribution in [0.15, 0.2) is 77.3 Å². The number of nitrogens with zero attached hydrogens (tertiary/aromatic N) is 1. The minimum atomic E-state index is -0.294. The van der Waals surface area contributed by atoms with Crippen LogP contribution < -0.4 is 15.0 Å². The summed E-state index contributed by atoms with van der Waals surface area (Å²) in [5.74, 6) is 0.254. The first-order valence-electron chi connectivity index (χ1n) is 10.9. The van der Waals surface area contributed by atoms with Crippen LogP contribution in [0.25, 0.3) is 0 Å². The Balaban J connectivity index is 1.68. The van der Waals surface area contributed by atoms with E-state index in [-0.39, 0.29) is 23.8 Å². The first-order chi connectivity index (χ1) is 15.7. The molecule has 0 radical (unpaired) electrons. The predicted molar refractivity (Wildman–Crippen MR) is 137 cm³/mol. The summed E-state index contributed by atoms with van der Waals surface area (Å²) in [4.78, 5) is 27.3. The summed E-state index contributed by atoms with van der Waals surface area (Å²) in [6, 6.07) is 22.2. The van der Waals surface area contributed by atoms with Crippen LogP contribution in [0.5, 0.6) is 5.75 Å². The van der Waals surface area contributed by atoms with E-state index in [9.17, 15) is 9.59 Å². The summed E-state index contributed by atoms with van der Waals surface area (Å²) in [5.41, 5.74) is 2.76. The van der Waals surface area contributed by atoms with Crippen LogP contribution in [0.2, 0.25) is 0 Å². The van der Waals surface area contributed by atoms with Crippen molar-refractivity contribution in [2.75, 3.05) is 23.4 Å². The van der Waals surface area contributed by atoms with E-state index in [1.807, 2.05) is 55.5 Å². The van der Waals surface area contributed by atoms with Gasteiger partial charge in [-0.25, -0.2) is 0 Å². The maximum absolute atomic E-state index is 13.1. The van der Waals surface area contributed by atoms with Crippen LogP contribution in [0.1, 0.15) is 43.6 Å². The number of nitrogens with one attached hydrogen (secondary N) is 1. The number of hydrogen-bond acceptors (Lipinski definition) is 3. The fourth-order valence-corrected chi connectivity index (χ4v) is 3.85. The fraction of sp³-hybridized carbons (Fsp3) is 0.259. The van der Waals surface area contributed by atoms with Crippen molar-refractivity contribution in [1.29, 1.82) is 0 Å². The van der Waals surface area contributed by atoms with Crippen molar-refractivity contribution in [2.45, 2.75) is 33.1 Å². The number of para-hydroxylation sites is 1. The Morgan fingerprint density at radius 2 is 1.70 bits per heavy atom. The molecular weight excluding hydrogens is 480 g/mol. The zero-order chi connectivity index (χ0) is 24.0. The van der Waals surface area contributed by atoms with Gasteiger partial charge in [0, 0.05) is 33.5 Å². The Labute approximate surface area is 203 Å². The summed E-state index contributed by atoms with van der Waals surface area (Å²) in [7, 11) is 0. The van der Waals surface area contributed by atoms with Gasteiger partial charge in [-0.3, -0.25) is 9.59 Å². The number of carbonyl (C=O) groups is 2. The van der Waals surface area contributed by atoms with Crippen molar-refractivity contribution >= 4 is 39.1 Å². The third-order valence-electron chi connectivity index (χ3n) is 5.13. The molecule has 5 nitrogen and oxygen atoms in total. The lowest BCUT2D eigenvalue weighted by atomic mass is 9.86. The molecule has 0 saturated heterocycles. The molecule has 172 valence electrons. The lowest BCUT2D eigenvalue weighted by molar-refractivity contribution is -0.118. The van der Waals surface area contributed by atoms with Crippen molar-refractivity contribution in [3.05, 3.63) is 88.4 Å². The molecule has 0 bridgehead atoms. The molecule has 0 aliphatic heterocycles. The van der Waals surface area contributed by atoms with Gasteiger partial charge >= 0.3 is 0 Å². The maximum Gasteiger partial charge on any atom is 0.262 e. The molecular formula is C27H29BrN2O3. The largest absolute Gasteiger partial charge is 0.483 e. The molecule has 0 unspecified atom stereocenters. The Morgan fingerprint density at radius 1 is 0.970 bits per heavy atom. The minimum absolute atomic E-state index is 0.124. The third kappa shape index (κ3) is 6.45. The summed E-state index contributed by atoms with van der Waals surface area (Å²) in [6.45, 7) is 8.63. The van der Waals surface area contributed by atoms with Crippen LogP contribution >= 0.6 is 15.9 Å². The second kappa shape index (κ2) is 10.7. The standard InChI is InChI=1S/C27H29BrN2O3/c1-5-30(22-12-7-6-8-13-22)26(32)19-10-9-11-21(16-19)29-25(31)18-33-24-15-14-20(28)17-23(24)27(2,3)4/h6-17H,5,18H2,1-4H3,(H,29,31). The second-order valence-corrected chi connectivity index (χ2v) is 9.61. The highest BCUT2D eigenvalue weighted by atomic mass is 79.9. The quantitative estimate of drug-likeness (QED) is 0.399. The molecule has 3 aromatic carbocycles. The van der Waals surface area contributed by atoms with Crippen molar-refractivity contribution in [2.24, 2.45) is 0 Å². The molecule has 1 N–H and O–H groups in total. The molecule has 3 rings (SSSR count). The molecule has 0 heterocycles. The molecule has 0 spiro atoms. The van der Waals surface area contributed by atoms with E-state index >= 15 is 0 Å². The highest BCUT2D eigenvalue weighted by Gasteiger charge is 2.20. The van der Waals surface area contributed by atoms with Gasteiger partial charge in [-0.15, -0.1) is 0 Å². The van der Waals surface area contributed by atoms with Crippen molar-refractivity contribution in [1.82, 2.24) is 0 Å². The molecule has 0 atom stereocenters. The zero-order valence-electron chi connectivity index (χ0n) is 19.4. The van der Waals surface area contributed by atoms with Crippen LogP contribution in [0, 0.1) is 0 Å². The van der Waals surface area contributed by atoms with Gasteiger partial charge in [-0.05, 0) is 60.9 Å². The van der Waals surface area contributed by atoms with Crippen LogP contribution in [-0.2, 0) is 10.2 Å². The van der Waals surface area contributed by atoms with Crippen LogP contribution in [0.3, 0.4) is 0 Å². The smallest absolute Gasteiger partial charge is 0.262 e. The summed E-state index contributed by atoms with van der Waals surface area (Å²) in [6.07, 6.45) is 0. The van der Waals surface area contributed by atoms with Crippen molar-refractivity contribution in [3.8, 4) is 5.75 Å². The fourth-order valence-electron chi connectivity index (χ4n) is 3.49. The number of benzene rings is 3. The first-order valence-corrected chi connectivity index (χ1v) is 11.7. The topological polar surface area (TPSA) is 58.6 Å². The average Bonchev–Trinajstić information content (AvgIpc) is 2.79. The highest BCUT2D eigenvalue weighted by molar-refractivity contribution is 9.10. The van der Waals surface area contributed by atoms with E-state index in [4.69, 9.17) is 4.74 Å². The van der Waals surface area contributed by atoms with Gasteiger partial charge in [0.05, 0.1) is 0 Å². The number of halogens is 1. The number of rotatable bonds is 7. The minimum Gasteiger partial charge on any atom is -0.483 e. The van der Waals surface area contributed by atoms with E-state index in [1.54, 1.807) is 29.2 Å². The summed E-state index contributed by atoms with van der Waals surface area (Å²) < 4.78 is 6.80. The maximum atomic E-state index is 13.1. The van der Waals surface area contributed by atoms with Gasteiger partial charge in [0.25, 0.3) is 11.8 Å². The normalized spacial score (nSPS) is 11.1. The van der Waals surface area contributed by atoms with Crippen molar-refractivity contribution < 1.29 is 14.3 Å². The second-order valence-electron chi connectivity index (χ2n) is 8.69. The molecule has 33 heavy (non-hydrogen) atoms. The molecule has 0 saturated carbocycles. The molecule has 0 aromatic heterocycles. The summed E-state index contributed by atoms with van der Waals surface area (Å²) >= 11 is 3.50. The predicted octanol–water partition coefficient (Wildman–Crippen LogP) is 6.43. The third-order valence-corrected chi connectivity index (χ3v) is 5.62. The highest BCUT2D eigenvalue weighted by Crippen LogP contribution is 2.33. The monoisotopic (exact) mass is 508 g/mol. The lowest BCUT2D eigenvalue weighted by Gasteiger charge is -2.23. The van der Waals surface area contributed by atoms with Crippen LogP contribution in [-0.4, -0.2) is 25.0 Å². The Bertz CT molecular complexity index is 1120. The van der Waals surface area contributed by atoms with Gasteiger partial charge in [-0.2, -0.15) is 0 Å². The number of carbonyl (C=O) groups excluding carboxylic acids is 2. The van der Waals surface area contributed by atoms with Gasteiger partial charge < -0.3 is 15.0 Å². The van der Waals surface area contributed by atoms with E-state index in [2.05, 4.69) is 42.0 Å². The lowest BCUT2D eigenvalue weighted by Crippen LogP contribution is -2.30. The van der Waals surface area contributed by atoms with E-state index < -0.39 is 0 Å². The number of hydrogen-bond donors (Lipinski definition) is 1. The number of anilines is 2. The molecule has 0 aliphatic carbocycles. The van der Waals surface area contributed by atoms with Gasteiger partial charge in [-0.1, -0.05) is 61.0 Å². The molecule has 2 amide bonds. The van der Waals surface area contributed by atoms with E-state index in [0.717, 1.165) is 15.7 Å². The molecule has 0 fully saturated rings. The first kappa shape index (κ1) is 24.5. The SMILES string of the molecule is CCN(C(=O)c1cccc(NC(=O)COc2ccc(Br)cc2C(C)(C)C)c1)c1ccccc1. The van der Waals surface area contributed by atoms with Gasteiger partial charge in [0.2, 0.25) is 0 Å².